The molecule has 1 aromatic carbocycles. The molecule has 1 aliphatic rings. The van der Waals surface area contributed by atoms with Gasteiger partial charge >= 0.3 is 0 Å². The number of halogens is 2. The molecule has 0 fully saturated rings. The summed E-state index contributed by atoms with van der Waals surface area (Å²) in [6.07, 6.45) is 8.52. The van der Waals surface area contributed by atoms with Gasteiger partial charge in [0, 0.05) is 6.04 Å². The molecule has 0 bridgehead atoms. The number of unbranched alkanes of at least 4 members (excludes halogenated alkanes) is 1. The van der Waals surface area contributed by atoms with E-state index < -0.39 is 0 Å². The molecule has 5 nitrogen and oxygen atoms in total. The van der Waals surface area contributed by atoms with Crippen LogP contribution >= 0.6 is 23.2 Å². The third-order valence-electron chi connectivity index (χ3n) is 4.63. The fraction of sp³-hybridized carbons (Fsp3) is 0.455. The predicted molar refractivity (Wildman–Crippen MR) is 116 cm³/mol. The summed E-state index contributed by atoms with van der Waals surface area (Å²) in [5.41, 5.74) is 1.38. The maximum absolute atomic E-state index is 12.8. The monoisotopic (exact) mass is 436 g/mol. The van der Waals surface area contributed by atoms with Gasteiger partial charge in [0.25, 0.3) is 11.8 Å². The van der Waals surface area contributed by atoms with Crippen molar-refractivity contribution in [2.45, 2.75) is 45.6 Å². The Morgan fingerprint density at radius 3 is 2.79 bits per heavy atom. The van der Waals surface area contributed by atoms with Crippen LogP contribution in [0.1, 0.15) is 38.7 Å². The van der Waals surface area contributed by atoms with E-state index in [-0.39, 0.29) is 36.7 Å². The largest absolute Gasteiger partial charge is 0.487 e. The molecule has 1 aliphatic heterocycles. The van der Waals surface area contributed by atoms with Crippen LogP contribution in [0, 0.1) is 12.3 Å². The minimum atomic E-state index is -0.326. The number of nitrogens with zero attached hydrogens (tertiary/aromatic N) is 1. The van der Waals surface area contributed by atoms with Gasteiger partial charge in [-0.25, -0.2) is 0 Å². The fourth-order valence-electron chi connectivity index (χ4n) is 2.95. The summed E-state index contributed by atoms with van der Waals surface area (Å²) in [5, 5.41) is 3.98. The number of ether oxygens (including phenoxy) is 1. The second-order valence-corrected chi connectivity index (χ2v) is 7.85. The third kappa shape index (κ3) is 6.42. The van der Waals surface area contributed by atoms with Gasteiger partial charge in [0.05, 0.1) is 35.3 Å². The summed E-state index contributed by atoms with van der Waals surface area (Å²) in [6.45, 7) is 4.65. The lowest BCUT2D eigenvalue weighted by Gasteiger charge is -2.15. The van der Waals surface area contributed by atoms with Crippen LogP contribution in [-0.4, -0.2) is 42.5 Å². The summed E-state index contributed by atoms with van der Waals surface area (Å²) < 4.78 is 5.63. The van der Waals surface area contributed by atoms with E-state index in [1.807, 2.05) is 26.0 Å². The topological polar surface area (TPSA) is 58.6 Å². The van der Waals surface area contributed by atoms with Crippen molar-refractivity contribution in [3.63, 3.8) is 0 Å². The van der Waals surface area contributed by atoms with E-state index in [1.54, 1.807) is 6.07 Å². The van der Waals surface area contributed by atoms with Crippen LogP contribution in [-0.2, 0) is 20.7 Å². The Morgan fingerprint density at radius 2 is 2.14 bits per heavy atom. The smallest absolute Gasteiger partial charge is 0.290 e. The lowest BCUT2D eigenvalue weighted by atomic mass is 10.1. The molecular formula is C22H26Cl2N2O3. The van der Waals surface area contributed by atoms with Gasteiger partial charge in [0.1, 0.15) is 0 Å². The number of amides is 2. The van der Waals surface area contributed by atoms with Crippen LogP contribution in [0.15, 0.2) is 29.5 Å². The lowest BCUT2D eigenvalue weighted by Crippen LogP contribution is -2.35. The molecule has 0 aliphatic carbocycles. The molecule has 29 heavy (non-hydrogen) atoms. The van der Waals surface area contributed by atoms with E-state index in [0.29, 0.717) is 28.6 Å². The zero-order chi connectivity index (χ0) is 21.4. The molecule has 1 unspecified atom stereocenters. The molecule has 0 saturated heterocycles. The Labute approximate surface area is 182 Å². The summed E-state index contributed by atoms with van der Waals surface area (Å²) in [4.78, 5) is 26.7. The second kappa shape index (κ2) is 11.1. The summed E-state index contributed by atoms with van der Waals surface area (Å²) in [5.74, 6) is 1.93. The van der Waals surface area contributed by atoms with E-state index in [1.165, 1.54) is 4.90 Å². The SMILES string of the molecule is C#CCN1CC(C(=O)NC(C)CCc2ccc(Cl)c(Cl)c2)=C(OCCCC)C1=O. The zero-order valence-electron chi connectivity index (χ0n) is 16.8. The van der Waals surface area contributed by atoms with E-state index in [9.17, 15) is 9.59 Å². The maximum atomic E-state index is 12.8. The Balaban J connectivity index is 2.00. The van der Waals surface area contributed by atoms with Crippen molar-refractivity contribution < 1.29 is 14.3 Å². The van der Waals surface area contributed by atoms with Crippen molar-refractivity contribution in [2.75, 3.05) is 19.7 Å². The average Bonchev–Trinajstić information content (AvgIpc) is 2.99. The Kier molecular flexibility index (Phi) is 8.88. The molecule has 0 saturated carbocycles. The Hall–Kier alpha value is -2.16. The number of rotatable bonds is 10. The number of terminal acetylenes is 1. The van der Waals surface area contributed by atoms with Crippen molar-refractivity contribution in [2.24, 2.45) is 0 Å². The van der Waals surface area contributed by atoms with E-state index >= 15 is 0 Å². The zero-order valence-corrected chi connectivity index (χ0v) is 18.3. The van der Waals surface area contributed by atoms with Crippen LogP contribution < -0.4 is 5.32 Å². The molecule has 1 heterocycles. The molecule has 7 heteroatoms. The molecule has 1 N–H and O–H groups in total. The van der Waals surface area contributed by atoms with Crippen molar-refractivity contribution in [3.05, 3.63) is 45.1 Å². The molecule has 0 radical (unpaired) electrons. The first kappa shape index (κ1) is 23.1. The number of hydrogen-bond acceptors (Lipinski definition) is 3. The number of carbonyl (C=O) groups excluding carboxylic acids is 2. The molecule has 1 atom stereocenters. The molecule has 0 spiro atoms. The second-order valence-electron chi connectivity index (χ2n) is 7.04. The van der Waals surface area contributed by atoms with Crippen molar-refractivity contribution in [1.82, 2.24) is 10.2 Å². The highest BCUT2D eigenvalue weighted by molar-refractivity contribution is 6.42. The van der Waals surface area contributed by atoms with E-state index in [4.69, 9.17) is 34.4 Å². The molecule has 156 valence electrons. The standard InChI is InChI=1S/C22H26Cl2N2O3/c1-4-6-12-29-20-17(14-26(11-5-2)22(20)28)21(27)25-15(3)7-8-16-9-10-18(23)19(24)13-16/h2,9-10,13,15H,4,6-8,11-12,14H2,1,3H3,(H,25,27). The average molecular weight is 437 g/mol. The summed E-state index contributed by atoms with van der Waals surface area (Å²) in [6, 6.07) is 5.40. The Morgan fingerprint density at radius 1 is 1.38 bits per heavy atom. The molecule has 2 amide bonds. The van der Waals surface area contributed by atoms with Crippen molar-refractivity contribution in [3.8, 4) is 12.3 Å². The first-order valence-corrected chi connectivity index (χ1v) is 10.5. The van der Waals surface area contributed by atoms with Gasteiger partial charge < -0.3 is 15.0 Å². The van der Waals surface area contributed by atoms with Crippen molar-refractivity contribution >= 4 is 35.0 Å². The number of carbonyl (C=O) groups is 2. The van der Waals surface area contributed by atoms with Gasteiger partial charge in [0.2, 0.25) is 0 Å². The van der Waals surface area contributed by atoms with E-state index in [0.717, 1.165) is 24.8 Å². The first-order valence-electron chi connectivity index (χ1n) is 9.70. The highest BCUT2D eigenvalue weighted by Gasteiger charge is 2.35. The van der Waals surface area contributed by atoms with Crippen molar-refractivity contribution in [1.29, 1.82) is 0 Å². The van der Waals surface area contributed by atoms with E-state index in [2.05, 4.69) is 11.2 Å². The van der Waals surface area contributed by atoms with Gasteiger partial charge in [-0.05, 0) is 43.9 Å². The van der Waals surface area contributed by atoms with Gasteiger partial charge in [-0.1, -0.05) is 48.5 Å². The Bertz CT molecular complexity index is 830. The number of nitrogens with one attached hydrogen (secondary N) is 1. The van der Waals surface area contributed by atoms with Crippen LogP contribution in [0.25, 0.3) is 0 Å². The normalized spacial score (nSPS) is 14.7. The quantitative estimate of drug-likeness (QED) is 0.445. The first-order chi connectivity index (χ1) is 13.9. The highest BCUT2D eigenvalue weighted by Crippen LogP contribution is 2.24. The number of benzene rings is 1. The van der Waals surface area contributed by atoms with Crippen LogP contribution in [0.2, 0.25) is 10.0 Å². The van der Waals surface area contributed by atoms with Gasteiger partial charge in [-0.3, -0.25) is 9.59 Å². The van der Waals surface area contributed by atoms with Crippen LogP contribution in [0.4, 0.5) is 0 Å². The maximum Gasteiger partial charge on any atom is 0.290 e. The van der Waals surface area contributed by atoms with Crippen LogP contribution in [0.3, 0.4) is 0 Å². The molecule has 0 aromatic heterocycles. The van der Waals surface area contributed by atoms with Gasteiger partial charge in [-0.15, -0.1) is 6.42 Å². The minimum Gasteiger partial charge on any atom is -0.487 e. The van der Waals surface area contributed by atoms with Gasteiger partial charge in [0.15, 0.2) is 5.76 Å². The van der Waals surface area contributed by atoms with Gasteiger partial charge in [-0.2, -0.15) is 0 Å². The third-order valence-corrected chi connectivity index (χ3v) is 5.37. The summed E-state index contributed by atoms with van der Waals surface area (Å²) in [7, 11) is 0. The fourth-order valence-corrected chi connectivity index (χ4v) is 3.27. The molecule has 1 aromatic rings. The van der Waals surface area contributed by atoms with Crippen LogP contribution in [0.5, 0.6) is 0 Å². The number of hydrogen-bond donors (Lipinski definition) is 1. The lowest BCUT2D eigenvalue weighted by molar-refractivity contribution is -0.128. The number of aryl methyl sites for hydroxylation is 1. The minimum absolute atomic E-state index is 0.0990. The molecule has 2 rings (SSSR count). The molecular weight excluding hydrogens is 411 g/mol. The highest BCUT2D eigenvalue weighted by atomic mass is 35.5. The predicted octanol–water partition coefficient (Wildman–Crippen LogP) is 3.98. The summed E-state index contributed by atoms with van der Waals surface area (Å²) >= 11 is 12.0.